The zero-order valence-corrected chi connectivity index (χ0v) is 14.5. The third-order valence-corrected chi connectivity index (χ3v) is 7.80. The van der Waals surface area contributed by atoms with E-state index in [2.05, 4.69) is 9.55 Å². The van der Waals surface area contributed by atoms with Crippen LogP contribution in [-0.2, 0) is 17.9 Å². The summed E-state index contributed by atoms with van der Waals surface area (Å²) in [6.07, 6.45) is 8.16. The van der Waals surface area contributed by atoms with Crippen LogP contribution in [0, 0.1) is 29.6 Å². The normalized spacial score (nSPS) is 40.3. The van der Waals surface area contributed by atoms with Crippen molar-refractivity contribution in [1.82, 2.24) is 14.5 Å². The molecule has 2 heterocycles. The number of carbonyl (C=O) groups is 1. The molecule has 1 amide bonds. The molecule has 4 nitrogen and oxygen atoms in total. The summed E-state index contributed by atoms with van der Waals surface area (Å²) in [5.41, 5.74) is 1.15. The highest BCUT2D eigenvalue weighted by atomic mass is 35.5. The maximum atomic E-state index is 12.9. The van der Waals surface area contributed by atoms with Gasteiger partial charge in [-0.1, -0.05) is 0 Å². The van der Waals surface area contributed by atoms with Crippen molar-refractivity contribution in [2.45, 2.75) is 43.1 Å². The molecule has 0 aromatic carbocycles. The molecule has 5 atom stereocenters. The van der Waals surface area contributed by atoms with Crippen LogP contribution >= 0.6 is 23.2 Å². The second kappa shape index (κ2) is 4.89. The van der Waals surface area contributed by atoms with Gasteiger partial charge in [-0.15, -0.1) is 23.2 Å². The lowest BCUT2D eigenvalue weighted by atomic mass is 10.0. The first-order valence-corrected chi connectivity index (χ1v) is 9.48. The molecule has 23 heavy (non-hydrogen) atoms. The molecule has 1 unspecified atom stereocenters. The Hall–Kier alpha value is -0.740. The van der Waals surface area contributed by atoms with Crippen molar-refractivity contribution in [2.24, 2.45) is 29.6 Å². The Labute approximate surface area is 146 Å². The van der Waals surface area contributed by atoms with Gasteiger partial charge in [-0.05, 0) is 49.4 Å². The van der Waals surface area contributed by atoms with Gasteiger partial charge >= 0.3 is 0 Å². The second-order valence-electron chi connectivity index (χ2n) is 7.73. The fourth-order valence-electron chi connectivity index (χ4n) is 5.17. The van der Waals surface area contributed by atoms with Gasteiger partial charge in [-0.3, -0.25) is 4.79 Å². The van der Waals surface area contributed by atoms with Crippen LogP contribution in [0.4, 0.5) is 0 Å². The third-order valence-electron chi connectivity index (χ3n) is 6.68. The zero-order chi connectivity index (χ0) is 15.8. The van der Waals surface area contributed by atoms with Gasteiger partial charge in [0, 0.05) is 25.2 Å². The molecule has 124 valence electrons. The minimum absolute atomic E-state index is 0.252. The number of nitrogens with zero attached hydrogens (tertiary/aromatic N) is 3. The van der Waals surface area contributed by atoms with Gasteiger partial charge in [0.15, 0.2) is 0 Å². The smallest absolute Gasteiger partial charge is 0.226 e. The fourth-order valence-corrected chi connectivity index (χ4v) is 6.09. The Bertz CT molecular complexity index is 636. The summed E-state index contributed by atoms with van der Waals surface area (Å²) in [5, 5.41) is 0. The van der Waals surface area contributed by atoms with Crippen molar-refractivity contribution >= 4 is 29.1 Å². The third kappa shape index (κ3) is 2.17. The molecule has 0 spiro atoms. The number of imidazole rings is 1. The largest absolute Gasteiger partial charge is 0.335 e. The molecular weight excluding hydrogens is 333 g/mol. The van der Waals surface area contributed by atoms with E-state index in [-0.39, 0.29) is 5.92 Å². The summed E-state index contributed by atoms with van der Waals surface area (Å²) in [6, 6.07) is 0. The van der Waals surface area contributed by atoms with Crippen LogP contribution in [0.2, 0.25) is 0 Å². The number of halogens is 2. The summed E-state index contributed by atoms with van der Waals surface area (Å²) < 4.78 is 1.68. The molecule has 3 saturated carbocycles. The van der Waals surface area contributed by atoms with E-state index in [1.807, 2.05) is 17.4 Å². The van der Waals surface area contributed by atoms with Crippen LogP contribution in [0.5, 0.6) is 0 Å². The van der Waals surface area contributed by atoms with Crippen molar-refractivity contribution in [3.8, 4) is 0 Å². The quantitative estimate of drug-likeness (QED) is 0.727. The Morgan fingerprint density at radius 3 is 2.52 bits per heavy atom. The highest BCUT2D eigenvalue weighted by Crippen LogP contribution is 2.67. The van der Waals surface area contributed by atoms with Crippen molar-refractivity contribution < 1.29 is 4.79 Å². The lowest BCUT2D eigenvalue weighted by molar-refractivity contribution is -0.134. The van der Waals surface area contributed by atoms with Crippen LogP contribution in [0.25, 0.3) is 0 Å². The number of aromatic nitrogens is 2. The van der Waals surface area contributed by atoms with E-state index in [1.54, 1.807) is 0 Å². The molecule has 1 aromatic rings. The summed E-state index contributed by atoms with van der Waals surface area (Å²) >= 11 is 12.7. The average Bonchev–Trinajstić information content (AvgIpc) is 3.20. The van der Waals surface area contributed by atoms with Gasteiger partial charge in [0.1, 0.15) is 4.33 Å². The van der Waals surface area contributed by atoms with E-state index in [1.165, 1.54) is 0 Å². The topological polar surface area (TPSA) is 38.1 Å². The Balaban J connectivity index is 1.25. The van der Waals surface area contributed by atoms with Crippen molar-refractivity contribution in [2.75, 3.05) is 6.54 Å². The Morgan fingerprint density at radius 1 is 1.13 bits per heavy atom. The molecule has 5 rings (SSSR count). The number of hydrogen-bond acceptors (Lipinski definition) is 2. The van der Waals surface area contributed by atoms with Crippen molar-refractivity contribution in [3.63, 3.8) is 0 Å². The van der Waals surface area contributed by atoms with E-state index >= 15 is 0 Å². The Morgan fingerprint density at radius 2 is 1.83 bits per heavy atom. The molecule has 3 aliphatic carbocycles. The summed E-state index contributed by atoms with van der Waals surface area (Å²) in [6.45, 7) is 2.40. The zero-order valence-electron chi connectivity index (χ0n) is 13.0. The fraction of sp³-hybridized carbons (Fsp3) is 0.765. The maximum absolute atomic E-state index is 12.9. The van der Waals surface area contributed by atoms with E-state index < -0.39 is 4.33 Å². The predicted molar refractivity (Wildman–Crippen MR) is 88.0 cm³/mol. The predicted octanol–water partition coefficient (Wildman–Crippen LogP) is 3.08. The SMILES string of the molecule is O=C(C1[C@H]2CC[C@@H]3[C@H](CC[C@@H]12)C3(Cl)Cl)N1CCn2cncc2C1. The first kappa shape index (κ1) is 14.6. The number of carbonyl (C=O) groups excluding carboxylic acids is 1. The number of alkyl halides is 2. The molecule has 0 N–H and O–H groups in total. The van der Waals surface area contributed by atoms with Crippen molar-refractivity contribution in [1.29, 1.82) is 0 Å². The molecule has 4 aliphatic rings. The molecular formula is C17H21Cl2N3O. The lowest BCUT2D eigenvalue weighted by Crippen LogP contribution is -2.39. The molecule has 1 aliphatic heterocycles. The van der Waals surface area contributed by atoms with E-state index in [9.17, 15) is 4.79 Å². The van der Waals surface area contributed by atoms with Gasteiger partial charge in [0.2, 0.25) is 5.91 Å². The van der Waals surface area contributed by atoms with E-state index in [0.717, 1.165) is 44.5 Å². The summed E-state index contributed by atoms with van der Waals surface area (Å²) in [5.74, 6) is 2.69. The highest BCUT2D eigenvalue weighted by molar-refractivity contribution is 6.51. The van der Waals surface area contributed by atoms with Crippen molar-refractivity contribution in [3.05, 3.63) is 18.2 Å². The number of rotatable bonds is 1. The maximum Gasteiger partial charge on any atom is 0.226 e. The first-order chi connectivity index (χ1) is 11.1. The van der Waals surface area contributed by atoms with Gasteiger partial charge in [0.25, 0.3) is 0 Å². The minimum Gasteiger partial charge on any atom is -0.335 e. The summed E-state index contributed by atoms with van der Waals surface area (Å²) in [4.78, 5) is 19.2. The van der Waals surface area contributed by atoms with E-state index in [4.69, 9.17) is 23.2 Å². The average molecular weight is 354 g/mol. The monoisotopic (exact) mass is 353 g/mol. The minimum atomic E-state index is -0.471. The van der Waals surface area contributed by atoms with E-state index in [0.29, 0.717) is 36.1 Å². The van der Waals surface area contributed by atoms with Crippen LogP contribution in [0.15, 0.2) is 12.5 Å². The van der Waals surface area contributed by atoms with Gasteiger partial charge < -0.3 is 9.47 Å². The number of amides is 1. The lowest BCUT2D eigenvalue weighted by Gasteiger charge is -2.28. The molecule has 1 aromatic heterocycles. The number of hydrogen-bond donors (Lipinski definition) is 0. The molecule has 0 saturated heterocycles. The van der Waals surface area contributed by atoms with Crippen LogP contribution in [-0.4, -0.2) is 31.2 Å². The molecule has 6 heteroatoms. The molecule has 0 bridgehead atoms. The van der Waals surface area contributed by atoms with Gasteiger partial charge in [-0.25, -0.2) is 4.98 Å². The van der Waals surface area contributed by atoms with Crippen LogP contribution in [0.3, 0.4) is 0 Å². The first-order valence-electron chi connectivity index (χ1n) is 8.73. The standard InChI is InChI=1S/C17H21Cl2N3O/c18-17(19)13-3-1-11-12(2-4-14(13)17)15(11)16(23)21-5-6-22-9-20-7-10(22)8-21/h7,9,11-15H,1-6,8H2/t11-,12+,13+,14-,15?. The highest BCUT2D eigenvalue weighted by Gasteiger charge is 2.65. The van der Waals surface area contributed by atoms with Gasteiger partial charge in [-0.2, -0.15) is 0 Å². The Kier molecular flexibility index (Phi) is 3.10. The second-order valence-corrected chi connectivity index (χ2v) is 9.18. The molecule has 3 fully saturated rings. The summed E-state index contributed by atoms with van der Waals surface area (Å²) in [7, 11) is 0. The van der Waals surface area contributed by atoms with Crippen LogP contribution in [0.1, 0.15) is 31.4 Å². The van der Waals surface area contributed by atoms with Crippen LogP contribution < -0.4 is 0 Å². The molecule has 0 radical (unpaired) electrons. The van der Waals surface area contributed by atoms with Gasteiger partial charge in [0.05, 0.1) is 18.6 Å². The number of fused-ring (bicyclic) bond motifs is 3.